The number of amides is 1. The highest BCUT2D eigenvalue weighted by Gasteiger charge is 2.45. The fourth-order valence-corrected chi connectivity index (χ4v) is 4.38. The third kappa shape index (κ3) is 3.87. The number of nitrogens with one attached hydrogen (secondary N) is 1. The second-order valence-electron chi connectivity index (χ2n) is 8.07. The van der Waals surface area contributed by atoms with E-state index in [2.05, 4.69) is 39.6 Å². The van der Waals surface area contributed by atoms with Gasteiger partial charge in [0.15, 0.2) is 0 Å². The maximum atomic E-state index is 14.2. The van der Waals surface area contributed by atoms with Gasteiger partial charge in [-0.1, -0.05) is 18.6 Å². The highest BCUT2D eigenvalue weighted by molar-refractivity contribution is 5.94. The first kappa shape index (κ1) is 19.5. The molecule has 1 aromatic heterocycles. The monoisotopic (exact) mass is 395 g/mol. The zero-order valence-electron chi connectivity index (χ0n) is 16.6. The van der Waals surface area contributed by atoms with Crippen molar-refractivity contribution in [3.63, 3.8) is 0 Å². The van der Waals surface area contributed by atoms with E-state index in [0.717, 1.165) is 19.5 Å². The molecule has 2 aromatic rings. The Morgan fingerprint density at radius 3 is 2.76 bits per heavy atom. The van der Waals surface area contributed by atoms with Crippen LogP contribution in [0.2, 0.25) is 0 Å². The molecule has 1 saturated carbocycles. The fourth-order valence-electron chi connectivity index (χ4n) is 4.38. The molecule has 2 aliphatic rings. The Hall–Kier alpha value is -2.80. The lowest BCUT2D eigenvalue weighted by Crippen LogP contribution is -2.53. The molecule has 0 saturated heterocycles. The topological polar surface area (TPSA) is 84.1 Å². The van der Waals surface area contributed by atoms with Crippen LogP contribution < -0.4 is 11.1 Å². The maximum Gasteiger partial charge on any atom is 0.248 e. The van der Waals surface area contributed by atoms with Crippen LogP contribution in [0.5, 0.6) is 0 Å². The average Bonchev–Trinajstić information content (AvgIpc) is 2.69. The fraction of sp³-hybridized carbons (Fsp3) is 0.409. The Morgan fingerprint density at radius 1 is 1.31 bits per heavy atom. The van der Waals surface area contributed by atoms with Gasteiger partial charge in [0, 0.05) is 35.7 Å². The number of carbonyl (C=O) groups is 1. The molecule has 2 heterocycles. The van der Waals surface area contributed by atoms with E-state index in [1.807, 2.05) is 0 Å². The number of nitrogens with two attached hydrogens (primary N) is 1. The molecule has 3 N–H and O–H groups in total. The number of carbonyl (C=O) groups excluding carboxylic acids is 1. The van der Waals surface area contributed by atoms with E-state index in [4.69, 9.17) is 5.73 Å². The molecule has 0 radical (unpaired) electrons. The first-order valence-electron chi connectivity index (χ1n) is 10.0. The highest BCUT2D eigenvalue weighted by Crippen LogP contribution is 2.46. The molecule has 152 valence electrons. The quantitative estimate of drug-likeness (QED) is 0.734. The smallest absolute Gasteiger partial charge is 0.248 e. The van der Waals surface area contributed by atoms with Crippen LogP contribution in [0.25, 0.3) is 11.3 Å². The minimum atomic E-state index is -0.606. The summed E-state index contributed by atoms with van der Waals surface area (Å²) in [6.07, 6.45) is 9.37. The van der Waals surface area contributed by atoms with E-state index in [9.17, 15) is 9.18 Å². The molecule has 1 amide bonds. The minimum Gasteiger partial charge on any atom is -0.368 e. The van der Waals surface area contributed by atoms with Crippen molar-refractivity contribution in [1.82, 2.24) is 15.1 Å². The molecule has 4 rings (SSSR count). The Bertz CT molecular complexity index is 923. The van der Waals surface area contributed by atoms with Crippen molar-refractivity contribution in [2.75, 3.05) is 25.5 Å². The van der Waals surface area contributed by atoms with Crippen molar-refractivity contribution >= 4 is 11.7 Å². The van der Waals surface area contributed by atoms with Crippen LogP contribution in [0.4, 0.5) is 10.2 Å². The third-order valence-corrected chi connectivity index (χ3v) is 6.23. The summed E-state index contributed by atoms with van der Waals surface area (Å²) in [5.74, 6) is -0.412. The molecular formula is C22H26FN5O. The highest BCUT2D eigenvalue weighted by atomic mass is 19.1. The van der Waals surface area contributed by atoms with Crippen molar-refractivity contribution in [2.45, 2.75) is 31.7 Å². The van der Waals surface area contributed by atoms with Crippen molar-refractivity contribution < 1.29 is 9.18 Å². The van der Waals surface area contributed by atoms with Gasteiger partial charge in [-0.15, -0.1) is 10.2 Å². The lowest BCUT2D eigenvalue weighted by atomic mass is 9.63. The number of hydrogen-bond donors (Lipinski definition) is 2. The molecule has 0 bridgehead atoms. The second kappa shape index (κ2) is 7.91. The van der Waals surface area contributed by atoms with Gasteiger partial charge in [-0.2, -0.15) is 0 Å². The van der Waals surface area contributed by atoms with Crippen molar-refractivity contribution in [2.24, 2.45) is 11.1 Å². The number of halogens is 1. The van der Waals surface area contributed by atoms with E-state index in [-0.39, 0.29) is 16.5 Å². The van der Waals surface area contributed by atoms with Crippen LogP contribution in [0.3, 0.4) is 0 Å². The second-order valence-corrected chi connectivity index (χ2v) is 8.07. The van der Waals surface area contributed by atoms with Gasteiger partial charge in [0.25, 0.3) is 0 Å². The van der Waals surface area contributed by atoms with Gasteiger partial charge in [0.05, 0.1) is 5.69 Å². The lowest BCUT2D eigenvalue weighted by Gasteiger charge is -2.51. The summed E-state index contributed by atoms with van der Waals surface area (Å²) >= 11 is 0. The van der Waals surface area contributed by atoms with Crippen LogP contribution in [0.1, 0.15) is 36.0 Å². The molecule has 1 fully saturated rings. The summed E-state index contributed by atoms with van der Waals surface area (Å²) in [5, 5.41) is 11.8. The van der Waals surface area contributed by atoms with Crippen LogP contribution in [-0.4, -0.2) is 47.2 Å². The summed E-state index contributed by atoms with van der Waals surface area (Å²) in [5.41, 5.74) is 6.32. The third-order valence-electron chi connectivity index (χ3n) is 6.23. The summed E-state index contributed by atoms with van der Waals surface area (Å²) in [6.45, 7) is 1.92. The maximum absolute atomic E-state index is 14.2. The standard InChI is InChI=1S/C22H26FN5O/c1-28-12-3-2-5-19(28)22(10-4-11-22)14-25-20-9-8-18(26-27-20)16-13-15(21(24)29)6-7-17(16)23/h2,5-9,13,19H,3-4,10-12,14H2,1H3,(H2,24,29)(H,25,27). The van der Waals surface area contributed by atoms with Gasteiger partial charge in [0.1, 0.15) is 11.6 Å². The zero-order chi connectivity index (χ0) is 20.4. The lowest BCUT2D eigenvalue weighted by molar-refractivity contribution is 0.0449. The van der Waals surface area contributed by atoms with Crippen LogP contribution >= 0.6 is 0 Å². The summed E-state index contributed by atoms with van der Waals surface area (Å²) < 4.78 is 14.2. The number of benzene rings is 1. The number of hydrogen-bond acceptors (Lipinski definition) is 5. The van der Waals surface area contributed by atoms with Gasteiger partial charge >= 0.3 is 0 Å². The first-order chi connectivity index (χ1) is 14.0. The number of primary amides is 1. The van der Waals surface area contributed by atoms with Gasteiger partial charge < -0.3 is 11.1 Å². The van der Waals surface area contributed by atoms with Crippen LogP contribution in [-0.2, 0) is 0 Å². The van der Waals surface area contributed by atoms with E-state index in [0.29, 0.717) is 17.6 Å². The number of nitrogens with zero attached hydrogens (tertiary/aromatic N) is 3. The van der Waals surface area contributed by atoms with Gasteiger partial charge in [0.2, 0.25) is 5.91 Å². The van der Waals surface area contributed by atoms with E-state index in [1.54, 1.807) is 12.1 Å². The molecule has 7 heteroatoms. The largest absolute Gasteiger partial charge is 0.368 e. The van der Waals surface area contributed by atoms with Gasteiger partial charge in [-0.05, 0) is 56.6 Å². The summed E-state index contributed by atoms with van der Waals surface area (Å²) in [6, 6.07) is 7.93. The van der Waals surface area contributed by atoms with Crippen molar-refractivity contribution in [3.05, 3.63) is 53.9 Å². The Balaban J connectivity index is 1.48. The molecular weight excluding hydrogens is 369 g/mol. The minimum absolute atomic E-state index is 0.213. The normalized spacial score (nSPS) is 20.8. The Kier molecular flexibility index (Phi) is 5.32. The van der Waals surface area contributed by atoms with Crippen LogP contribution in [0.15, 0.2) is 42.5 Å². The SMILES string of the molecule is CN1CCC=CC1C1(CNc2ccc(-c3cc(C(N)=O)ccc3F)nn2)CCC1. The molecule has 29 heavy (non-hydrogen) atoms. The predicted octanol–water partition coefficient (Wildman–Crippen LogP) is 3.22. The molecule has 1 unspecified atom stereocenters. The van der Waals surface area contributed by atoms with Crippen molar-refractivity contribution in [1.29, 1.82) is 0 Å². The van der Waals surface area contributed by atoms with Gasteiger partial charge in [-0.25, -0.2) is 4.39 Å². The van der Waals surface area contributed by atoms with E-state index in [1.165, 1.54) is 37.5 Å². The first-order valence-corrected chi connectivity index (χ1v) is 10.0. The molecule has 1 aromatic carbocycles. The summed E-state index contributed by atoms with van der Waals surface area (Å²) in [4.78, 5) is 13.8. The number of likely N-dealkylation sites (N-methyl/N-ethyl adjacent to an activating group) is 1. The average molecular weight is 395 g/mol. The Morgan fingerprint density at radius 2 is 2.14 bits per heavy atom. The Labute approximate surface area is 170 Å². The van der Waals surface area contributed by atoms with Gasteiger partial charge in [-0.3, -0.25) is 9.69 Å². The molecule has 1 aliphatic heterocycles. The van der Waals surface area contributed by atoms with Crippen LogP contribution in [0, 0.1) is 11.2 Å². The number of rotatable bonds is 6. The molecule has 1 aliphatic carbocycles. The van der Waals surface area contributed by atoms with E-state index >= 15 is 0 Å². The van der Waals surface area contributed by atoms with Crippen molar-refractivity contribution in [3.8, 4) is 11.3 Å². The number of aromatic nitrogens is 2. The number of anilines is 1. The molecule has 6 nitrogen and oxygen atoms in total. The van der Waals surface area contributed by atoms with E-state index < -0.39 is 11.7 Å². The zero-order valence-corrected chi connectivity index (χ0v) is 16.6. The summed E-state index contributed by atoms with van der Waals surface area (Å²) in [7, 11) is 2.19. The predicted molar refractivity (Wildman–Crippen MR) is 111 cm³/mol. The molecule has 1 atom stereocenters. The molecule has 0 spiro atoms.